The molecule has 7 aromatic carbocycles. The predicted octanol–water partition coefficient (Wildman–Crippen LogP) is 11.6. The Kier molecular flexibility index (Phi) is 6.41. The summed E-state index contributed by atoms with van der Waals surface area (Å²) >= 11 is 0. The molecule has 0 fully saturated rings. The summed E-state index contributed by atoms with van der Waals surface area (Å²) in [6.45, 7) is 8.73. The van der Waals surface area contributed by atoms with Gasteiger partial charge in [-0.15, -0.1) is 0 Å². The van der Waals surface area contributed by atoms with Crippen LogP contribution in [0.2, 0.25) is 0 Å². The largest absolute Gasteiger partial charge is 0.456 e. The number of furan rings is 1. The van der Waals surface area contributed by atoms with E-state index in [0.29, 0.717) is 0 Å². The summed E-state index contributed by atoms with van der Waals surface area (Å²) in [4.78, 5) is 2.38. The minimum Gasteiger partial charge on any atom is -0.456 e. The highest BCUT2D eigenvalue weighted by Crippen LogP contribution is 2.63. The summed E-state index contributed by atoms with van der Waals surface area (Å²) in [7, 11) is 0. The number of rotatable bonds is 4. The van der Waals surface area contributed by atoms with Gasteiger partial charge in [-0.3, -0.25) is 0 Å². The van der Waals surface area contributed by atoms with Gasteiger partial charge in [0.2, 0.25) is 0 Å². The van der Waals surface area contributed by atoms with Crippen LogP contribution in [0.5, 0.6) is 0 Å². The lowest BCUT2D eigenvalue weighted by Gasteiger charge is -2.31. The van der Waals surface area contributed by atoms with Crippen LogP contribution in [0.1, 0.15) is 47.2 Å². The van der Waals surface area contributed by atoms with Crippen molar-refractivity contribution in [2.75, 3.05) is 4.90 Å². The highest BCUT2D eigenvalue weighted by atomic mass is 16.3. The maximum Gasteiger partial charge on any atom is 0.136 e. The van der Waals surface area contributed by atoms with Crippen LogP contribution in [-0.4, -0.2) is 0 Å². The Bertz CT molecular complexity index is 2950. The number of para-hydroxylation sites is 1. The average Bonchev–Trinajstić information content (AvgIpc) is 3.89. The monoisotopic (exact) mass is 691 g/mol. The first kappa shape index (κ1) is 30.9. The molecular weight excluding hydrogens is 655 g/mol. The van der Waals surface area contributed by atoms with E-state index in [-0.39, 0.29) is 5.41 Å². The number of fused-ring (bicyclic) bond motifs is 14. The van der Waals surface area contributed by atoms with Gasteiger partial charge in [-0.1, -0.05) is 154 Å². The highest BCUT2D eigenvalue weighted by Gasteiger charge is 2.51. The van der Waals surface area contributed by atoms with Gasteiger partial charge in [0.05, 0.1) is 5.41 Å². The van der Waals surface area contributed by atoms with Gasteiger partial charge in [-0.05, 0) is 103 Å². The Hall–Kier alpha value is -6.64. The maximum absolute atomic E-state index is 6.45. The van der Waals surface area contributed by atoms with E-state index < -0.39 is 5.41 Å². The standard InChI is InChI=1S/C52H37NO/c1-4-15-49-42(41-20-9-14-25-50(41)54-49)32-53(33-26-28-39-35-16-5-10-21-43(35)51(2,3)47(39)30-33)34-27-29-40-38-19-8-13-24-46(38)52(48(40)31-34)44-22-11-6-17-36(44)37-18-7-12-23-45(37)52/h4-32H,1H2,2-3H3/b42-32-,49-15+. The summed E-state index contributed by atoms with van der Waals surface area (Å²) in [6, 6.07) is 58.3. The van der Waals surface area contributed by atoms with Crippen LogP contribution in [-0.2, 0) is 10.8 Å². The summed E-state index contributed by atoms with van der Waals surface area (Å²) < 4.78 is 6.45. The summed E-state index contributed by atoms with van der Waals surface area (Å²) in [5, 5.41) is 2.08. The van der Waals surface area contributed by atoms with E-state index in [9.17, 15) is 0 Å². The Morgan fingerprint density at radius 1 is 0.500 bits per heavy atom. The van der Waals surface area contributed by atoms with Gasteiger partial charge >= 0.3 is 0 Å². The number of anilines is 2. The van der Waals surface area contributed by atoms with Crippen molar-refractivity contribution in [3.63, 3.8) is 0 Å². The molecule has 0 amide bonds. The third-order valence-corrected chi connectivity index (χ3v) is 12.3. The fourth-order valence-corrected chi connectivity index (χ4v) is 9.95. The molecule has 0 saturated carbocycles. The van der Waals surface area contributed by atoms with Crippen LogP contribution in [0.4, 0.5) is 11.4 Å². The zero-order valence-electron chi connectivity index (χ0n) is 30.3. The number of hydrogen-bond acceptors (Lipinski definition) is 2. The van der Waals surface area contributed by atoms with Gasteiger partial charge in [0.1, 0.15) is 11.0 Å². The van der Waals surface area contributed by atoms with Crippen LogP contribution in [0.3, 0.4) is 0 Å². The van der Waals surface area contributed by atoms with E-state index in [1.807, 2.05) is 18.2 Å². The number of allylic oxidation sites excluding steroid dienone is 1. The number of hydrogen-bond donors (Lipinski definition) is 0. The van der Waals surface area contributed by atoms with Crippen LogP contribution in [0, 0.1) is 0 Å². The first-order valence-electron chi connectivity index (χ1n) is 18.8. The van der Waals surface area contributed by atoms with Crippen molar-refractivity contribution in [1.29, 1.82) is 0 Å². The van der Waals surface area contributed by atoms with E-state index in [2.05, 4.69) is 177 Å². The predicted molar refractivity (Wildman–Crippen MR) is 223 cm³/mol. The molecule has 1 spiro atoms. The molecule has 0 N–H and O–H groups in total. The minimum atomic E-state index is -0.438. The molecule has 0 bridgehead atoms. The normalized spacial score (nSPS) is 15.4. The van der Waals surface area contributed by atoms with E-state index in [0.717, 1.165) is 33.0 Å². The smallest absolute Gasteiger partial charge is 0.136 e. The van der Waals surface area contributed by atoms with Gasteiger partial charge < -0.3 is 9.32 Å². The van der Waals surface area contributed by atoms with E-state index in [4.69, 9.17) is 4.42 Å². The van der Waals surface area contributed by atoms with Crippen LogP contribution in [0.25, 0.3) is 56.6 Å². The second-order valence-corrected chi connectivity index (χ2v) is 15.3. The molecule has 3 aliphatic carbocycles. The molecule has 2 heteroatoms. The van der Waals surface area contributed by atoms with Gasteiger partial charge in [0.15, 0.2) is 0 Å². The molecular formula is C52H37NO. The fourth-order valence-electron chi connectivity index (χ4n) is 9.95. The van der Waals surface area contributed by atoms with Gasteiger partial charge in [-0.2, -0.15) is 0 Å². The van der Waals surface area contributed by atoms with Crippen molar-refractivity contribution in [1.82, 2.24) is 0 Å². The first-order valence-corrected chi connectivity index (χ1v) is 18.8. The topological polar surface area (TPSA) is 16.4 Å². The lowest BCUT2D eigenvalue weighted by atomic mass is 9.70. The molecule has 1 aromatic heterocycles. The Morgan fingerprint density at radius 3 is 1.56 bits per heavy atom. The van der Waals surface area contributed by atoms with Gasteiger partial charge in [0.25, 0.3) is 0 Å². The van der Waals surface area contributed by atoms with Crippen LogP contribution in [0.15, 0.2) is 175 Å². The van der Waals surface area contributed by atoms with E-state index >= 15 is 0 Å². The lowest BCUT2D eigenvalue weighted by molar-refractivity contribution is 0.575. The van der Waals surface area contributed by atoms with Crippen molar-refractivity contribution < 1.29 is 4.42 Å². The Balaban J connectivity index is 1.21. The molecule has 8 aromatic rings. The molecule has 0 aliphatic heterocycles. The zero-order chi connectivity index (χ0) is 36.2. The quantitative estimate of drug-likeness (QED) is 0.183. The van der Waals surface area contributed by atoms with Crippen LogP contribution < -0.4 is 15.5 Å². The SMILES string of the molecule is C=C/C=c1/oc2ccccc2/c1=C/N(c1ccc2c(c1)C(C)(C)c1ccccc1-2)c1ccc2c(c1)C1(c3ccccc3-c3ccccc31)c1ccccc1-2. The van der Waals surface area contributed by atoms with Crippen molar-refractivity contribution in [3.05, 3.63) is 214 Å². The minimum absolute atomic E-state index is 0.140. The fraction of sp³-hybridized carbons (Fsp3) is 0.0769. The van der Waals surface area contributed by atoms with Crippen molar-refractivity contribution in [2.45, 2.75) is 24.7 Å². The third kappa shape index (κ3) is 4.00. The third-order valence-electron chi connectivity index (χ3n) is 12.3. The molecule has 1 heterocycles. The van der Waals surface area contributed by atoms with Crippen LogP contribution >= 0.6 is 0 Å². The average molecular weight is 692 g/mol. The maximum atomic E-state index is 6.45. The molecule has 0 saturated heterocycles. The van der Waals surface area contributed by atoms with E-state index in [1.165, 1.54) is 66.8 Å². The molecule has 256 valence electrons. The number of nitrogens with zero attached hydrogens (tertiary/aromatic N) is 1. The lowest BCUT2D eigenvalue weighted by Crippen LogP contribution is -2.27. The summed E-state index contributed by atoms with van der Waals surface area (Å²) in [5.74, 6) is 0. The molecule has 0 radical (unpaired) electrons. The molecule has 11 rings (SSSR count). The Labute approximate surface area is 315 Å². The van der Waals surface area contributed by atoms with Crippen molar-refractivity contribution in [3.8, 4) is 33.4 Å². The van der Waals surface area contributed by atoms with Crippen molar-refractivity contribution in [2.24, 2.45) is 0 Å². The zero-order valence-corrected chi connectivity index (χ0v) is 30.3. The van der Waals surface area contributed by atoms with Crippen molar-refractivity contribution >= 4 is 34.6 Å². The summed E-state index contributed by atoms with van der Waals surface area (Å²) in [5.41, 5.74) is 19.1. The second kappa shape index (κ2) is 11.2. The van der Waals surface area contributed by atoms with E-state index in [1.54, 1.807) is 6.08 Å². The van der Waals surface area contributed by atoms with Gasteiger partial charge in [-0.25, -0.2) is 0 Å². The highest BCUT2D eigenvalue weighted by molar-refractivity contribution is 5.96. The molecule has 3 aliphatic rings. The molecule has 0 atom stereocenters. The molecule has 54 heavy (non-hydrogen) atoms. The Morgan fingerprint density at radius 2 is 0.963 bits per heavy atom. The second-order valence-electron chi connectivity index (χ2n) is 15.3. The van der Waals surface area contributed by atoms with Gasteiger partial charge in [0, 0.05) is 33.6 Å². The number of benzene rings is 7. The first-order chi connectivity index (χ1) is 26.5. The molecule has 0 unspecified atom stereocenters. The summed E-state index contributed by atoms with van der Waals surface area (Å²) in [6.07, 6.45) is 6.04. The molecule has 2 nitrogen and oxygen atoms in total.